The van der Waals surface area contributed by atoms with E-state index in [0.29, 0.717) is 44.0 Å². The molecule has 2 heterocycles. The van der Waals surface area contributed by atoms with Crippen LogP contribution in [0.2, 0.25) is 5.02 Å². The topological polar surface area (TPSA) is 86.7 Å². The van der Waals surface area contributed by atoms with E-state index < -0.39 is 30.0 Å². The van der Waals surface area contributed by atoms with Crippen LogP contribution < -0.4 is 9.47 Å². The Morgan fingerprint density at radius 3 is 2.56 bits per heavy atom. The molecular weight excluding hydrogens is 544 g/mol. The third kappa shape index (κ3) is 5.22. The van der Waals surface area contributed by atoms with Gasteiger partial charge in [0.05, 0.1) is 10.9 Å². The fourth-order valence-corrected chi connectivity index (χ4v) is 4.58. The zero-order valence-electron chi connectivity index (χ0n) is 20.3. The quantitative estimate of drug-likeness (QED) is 0.211. The van der Waals surface area contributed by atoms with Crippen LogP contribution in [0.1, 0.15) is 23.7 Å². The zero-order chi connectivity index (χ0) is 28.1. The molecule has 0 amide bonds. The normalized spacial score (nSPS) is 12.7. The summed E-state index contributed by atoms with van der Waals surface area (Å²) in [7, 11) is 0. The van der Waals surface area contributed by atoms with Crippen LogP contribution >= 0.6 is 11.6 Å². The molecule has 0 saturated heterocycles. The van der Waals surface area contributed by atoms with E-state index in [2.05, 4.69) is 9.89 Å². The lowest BCUT2D eigenvalue weighted by molar-refractivity contribution is -0.274. The van der Waals surface area contributed by atoms with Crippen LogP contribution in [0.4, 0.5) is 17.6 Å². The van der Waals surface area contributed by atoms with E-state index in [4.69, 9.17) is 26.0 Å². The van der Waals surface area contributed by atoms with Crippen molar-refractivity contribution >= 4 is 39.4 Å². The molecule has 0 fully saturated rings. The van der Waals surface area contributed by atoms with E-state index in [1.807, 2.05) is 0 Å². The van der Waals surface area contributed by atoms with Crippen molar-refractivity contribution in [3.05, 3.63) is 82.3 Å². The molecule has 0 unspecified atom stereocenters. The molecule has 3 aromatic carbocycles. The van der Waals surface area contributed by atoms with Crippen LogP contribution in [0.5, 0.6) is 11.5 Å². The number of aromatic nitrogens is 2. The number of ether oxygens (including phenoxy) is 2. The molecule has 7 nitrogen and oxygen atoms in total. The average molecular weight is 563 g/mol. The first-order chi connectivity index (χ1) is 18.4. The van der Waals surface area contributed by atoms with Crippen molar-refractivity contribution in [1.82, 2.24) is 9.72 Å². The van der Waals surface area contributed by atoms with Crippen molar-refractivity contribution in [3.63, 3.8) is 0 Å². The molecule has 5 aromatic rings. The molecule has 1 N–H and O–H groups in total. The number of rotatable bonds is 7. The predicted octanol–water partition coefficient (Wildman–Crippen LogP) is 7.21. The van der Waals surface area contributed by atoms with Crippen molar-refractivity contribution in [1.29, 1.82) is 0 Å². The number of aliphatic carboxylic acids is 1. The van der Waals surface area contributed by atoms with E-state index in [0.717, 1.165) is 6.07 Å². The number of alkyl halides is 3. The largest absolute Gasteiger partial charge is 0.573 e. The highest BCUT2D eigenvalue weighted by atomic mass is 35.5. The molecular formula is C27H19ClF4N2O5. The van der Waals surface area contributed by atoms with Crippen molar-refractivity contribution in [2.45, 2.75) is 32.7 Å². The standard InChI is InChI=1S/C27H19ClF4N2O5/c1-13-20(10-15-9-17(4-7-22(15)29)37-14(2)26(35)36)21-12-18(38-27(30,31)32)5-8-23(21)34(13)25-19-6-3-16(28)11-24(19)39-33-25/h3-9,11-12,14H,10H2,1-2H3,(H,35,36)/t14-/m0/s1. The Hall–Kier alpha value is -4.25. The van der Waals surface area contributed by atoms with E-state index in [9.17, 15) is 22.4 Å². The van der Waals surface area contributed by atoms with Gasteiger partial charge in [-0.15, -0.1) is 13.2 Å². The number of hydrogen-bond acceptors (Lipinski definition) is 5. The summed E-state index contributed by atoms with van der Waals surface area (Å²) in [5.41, 5.74) is 2.08. The Balaban J connectivity index is 1.68. The molecule has 0 aliphatic heterocycles. The third-order valence-corrected chi connectivity index (χ3v) is 6.45. The molecule has 39 heavy (non-hydrogen) atoms. The monoisotopic (exact) mass is 562 g/mol. The Morgan fingerprint density at radius 1 is 1.10 bits per heavy atom. The first kappa shape index (κ1) is 26.4. The number of fused-ring (bicyclic) bond motifs is 2. The lowest BCUT2D eigenvalue weighted by atomic mass is 10.0. The minimum atomic E-state index is -4.91. The van der Waals surface area contributed by atoms with Crippen LogP contribution in [-0.2, 0) is 11.2 Å². The minimum Gasteiger partial charge on any atom is -0.479 e. The molecule has 0 aliphatic carbocycles. The van der Waals surface area contributed by atoms with Crippen molar-refractivity contribution in [2.75, 3.05) is 0 Å². The summed E-state index contributed by atoms with van der Waals surface area (Å²) in [5, 5.41) is 14.7. The first-order valence-electron chi connectivity index (χ1n) is 11.5. The van der Waals surface area contributed by atoms with Gasteiger partial charge in [-0.2, -0.15) is 0 Å². The van der Waals surface area contributed by atoms with Gasteiger partial charge in [-0.05, 0) is 73.5 Å². The number of carbonyl (C=O) groups is 1. The van der Waals surface area contributed by atoms with Gasteiger partial charge in [0.15, 0.2) is 17.5 Å². The van der Waals surface area contributed by atoms with Gasteiger partial charge in [0.25, 0.3) is 0 Å². The Labute approximate surface area is 223 Å². The summed E-state index contributed by atoms with van der Waals surface area (Å²) < 4.78 is 70.6. The molecule has 0 radical (unpaired) electrons. The van der Waals surface area contributed by atoms with Gasteiger partial charge in [-0.25, -0.2) is 9.18 Å². The van der Waals surface area contributed by atoms with Crippen LogP contribution in [0, 0.1) is 12.7 Å². The fraction of sp³-hybridized carbons (Fsp3) is 0.185. The maximum absolute atomic E-state index is 14.9. The molecule has 1 atom stereocenters. The van der Waals surface area contributed by atoms with Gasteiger partial charge in [0, 0.05) is 28.6 Å². The number of halogens is 5. The zero-order valence-corrected chi connectivity index (χ0v) is 21.1. The summed E-state index contributed by atoms with van der Waals surface area (Å²) in [4.78, 5) is 11.2. The second-order valence-corrected chi connectivity index (χ2v) is 9.24. The summed E-state index contributed by atoms with van der Waals surface area (Å²) in [6.45, 7) is 3.06. The molecule has 5 rings (SSSR count). The predicted molar refractivity (Wildman–Crippen MR) is 134 cm³/mol. The van der Waals surface area contributed by atoms with Crippen molar-refractivity contribution in [3.8, 4) is 17.3 Å². The highest BCUT2D eigenvalue weighted by Gasteiger charge is 2.31. The second-order valence-electron chi connectivity index (χ2n) is 8.80. The SMILES string of the molecule is Cc1c(Cc2cc(O[C@@H](C)C(=O)O)ccc2F)c2cc(OC(F)(F)F)ccc2n1-c1noc2cc(Cl)ccc12. The van der Waals surface area contributed by atoms with E-state index in [1.54, 1.807) is 29.7 Å². The maximum Gasteiger partial charge on any atom is 0.573 e. The molecule has 202 valence electrons. The van der Waals surface area contributed by atoms with Crippen LogP contribution in [0.3, 0.4) is 0 Å². The Morgan fingerprint density at radius 2 is 1.85 bits per heavy atom. The summed E-state index contributed by atoms with van der Waals surface area (Å²) >= 11 is 6.06. The Kier molecular flexibility index (Phi) is 6.63. The molecule has 0 aliphatic rings. The minimum absolute atomic E-state index is 0.0586. The maximum atomic E-state index is 14.9. The number of hydrogen-bond donors (Lipinski definition) is 1. The number of carboxylic acid groups (broad SMARTS) is 1. The lowest BCUT2D eigenvalue weighted by Gasteiger charge is -2.12. The van der Waals surface area contributed by atoms with Gasteiger partial charge in [0.1, 0.15) is 17.3 Å². The Bertz CT molecular complexity index is 1730. The number of nitrogens with zero attached hydrogens (tertiary/aromatic N) is 2. The van der Waals surface area contributed by atoms with E-state index in [1.165, 1.54) is 37.3 Å². The number of carboxylic acids is 1. The smallest absolute Gasteiger partial charge is 0.479 e. The summed E-state index contributed by atoms with van der Waals surface area (Å²) in [5.74, 6) is -1.75. The van der Waals surface area contributed by atoms with Crippen LogP contribution in [-0.4, -0.2) is 33.3 Å². The second kappa shape index (κ2) is 9.81. The van der Waals surface area contributed by atoms with Gasteiger partial charge >= 0.3 is 12.3 Å². The van der Waals surface area contributed by atoms with Gasteiger partial charge < -0.3 is 19.1 Å². The molecule has 0 saturated carbocycles. The average Bonchev–Trinajstić information content (AvgIpc) is 3.37. The van der Waals surface area contributed by atoms with E-state index >= 15 is 0 Å². The summed E-state index contributed by atoms with van der Waals surface area (Å²) in [6, 6.07) is 12.6. The highest BCUT2D eigenvalue weighted by molar-refractivity contribution is 6.31. The van der Waals surface area contributed by atoms with E-state index in [-0.39, 0.29) is 17.7 Å². The van der Waals surface area contributed by atoms with Crippen LogP contribution in [0.15, 0.2) is 59.1 Å². The number of benzene rings is 3. The summed E-state index contributed by atoms with van der Waals surface area (Å²) in [6.07, 6.45) is -6.15. The molecule has 12 heteroatoms. The molecule has 0 spiro atoms. The van der Waals surface area contributed by atoms with Gasteiger partial charge in [0.2, 0.25) is 0 Å². The van der Waals surface area contributed by atoms with Gasteiger partial charge in [-0.1, -0.05) is 16.8 Å². The highest BCUT2D eigenvalue weighted by Crippen LogP contribution is 2.37. The van der Waals surface area contributed by atoms with Crippen molar-refractivity contribution in [2.24, 2.45) is 0 Å². The van der Waals surface area contributed by atoms with Gasteiger partial charge in [-0.3, -0.25) is 4.57 Å². The first-order valence-corrected chi connectivity index (χ1v) is 11.9. The third-order valence-electron chi connectivity index (χ3n) is 6.21. The fourth-order valence-electron chi connectivity index (χ4n) is 4.42. The van der Waals surface area contributed by atoms with Crippen LogP contribution in [0.25, 0.3) is 27.7 Å². The molecule has 0 bridgehead atoms. The molecule has 2 aromatic heterocycles. The van der Waals surface area contributed by atoms with Crippen molar-refractivity contribution < 1.29 is 41.5 Å². The lowest BCUT2D eigenvalue weighted by Crippen LogP contribution is -2.22.